The van der Waals surface area contributed by atoms with Crippen molar-refractivity contribution >= 4 is 33.7 Å². The van der Waals surface area contributed by atoms with E-state index in [0.29, 0.717) is 25.3 Å². The zero-order valence-electron chi connectivity index (χ0n) is 21.9. The molecule has 1 aliphatic rings. The molecule has 0 aromatic heterocycles. The largest absolute Gasteiger partial charge is 0.496 e. The molecule has 1 amide bonds. The number of likely N-dealkylation sites (N-methyl/N-ethyl adjacent to an activating group) is 1. The van der Waals surface area contributed by atoms with Crippen LogP contribution in [-0.2, 0) is 35.4 Å². The summed E-state index contributed by atoms with van der Waals surface area (Å²) in [5.74, 6) is -4.15. The maximum atomic E-state index is 13.0. The highest BCUT2D eigenvalue weighted by Crippen LogP contribution is 2.23. The number of carboxylic acids is 3. The Labute approximate surface area is 221 Å². The van der Waals surface area contributed by atoms with Gasteiger partial charge in [-0.2, -0.15) is 0 Å². The zero-order valence-corrected chi connectivity index (χ0v) is 22.7. The van der Waals surface area contributed by atoms with Gasteiger partial charge in [0.2, 0.25) is 5.91 Å². The van der Waals surface area contributed by atoms with Gasteiger partial charge < -0.3 is 35.0 Å². The van der Waals surface area contributed by atoms with Crippen LogP contribution >= 0.6 is 0 Å². The molecule has 1 fully saturated rings. The number of aryl methyl sites for hydroxylation is 1. The quantitative estimate of drug-likeness (QED) is 0.264. The first-order valence-electron chi connectivity index (χ1n) is 11.7. The van der Waals surface area contributed by atoms with E-state index < -0.39 is 46.2 Å². The van der Waals surface area contributed by atoms with Crippen LogP contribution in [0.3, 0.4) is 0 Å². The number of carboxylic acid groups (broad SMARTS) is 3. The Morgan fingerprint density at radius 1 is 1.05 bits per heavy atom. The van der Waals surface area contributed by atoms with Crippen molar-refractivity contribution in [3.8, 4) is 5.75 Å². The van der Waals surface area contributed by atoms with E-state index >= 15 is 0 Å². The van der Waals surface area contributed by atoms with Crippen molar-refractivity contribution in [2.75, 3.05) is 45.8 Å². The van der Waals surface area contributed by atoms with Crippen molar-refractivity contribution in [3.05, 3.63) is 29.3 Å². The smallest absolute Gasteiger partial charge is 0.336 e. The molecule has 1 unspecified atom stereocenters. The van der Waals surface area contributed by atoms with E-state index in [2.05, 4.69) is 0 Å². The zero-order chi connectivity index (χ0) is 29.3. The number of aliphatic hydroxyl groups is 1. The van der Waals surface area contributed by atoms with Crippen LogP contribution in [0.2, 0.25) is 0 Å². The summed E-state index contributed by atoms with van der Waals surface area (Å²) in [6.07, 6.45) is -1.55. The van der Waals surface area contributed by atoms with Crippen LogP contribution in [0.4, 0.5) is 0 Å². The third-order valence-electron chi connectivity index (χ3n) is 5.82. The molecule has 1 aromatic rings. The Bertz CT molecular complexity index is 1100. The number of hydrogen-bond donors (Lipinski definition) is 4. The fourth-order valence-corrected chi connectivity index (χ4v) is 5.59. The van der Waals surface area contributed by atoms with Gasteiger partial charge in [-0.05, 0) is 33.5 Å². The number of carbonyl (C=O) groups excluding carboxylic acids is 1. The molecule has 0 spiro atoms. The van der Waals surface area contributed by atoms with Crippen molar-refractivity contribution in [3.63, 3.8) is 0 Å². The van der Waals surface area contributed by atoms with Crippen molar-refractivity contribution in [2.45, 2.75) is 44.2 Å². The monoisotopic (exact) mass is 560 g/mol. The van der Waals surface area contributed by atoms with Gasteiger partial charge in [-0.1, -0.05) is 17.7 Å². The number of aliphatic carboxylic acids is 3. The first kappa shape index (κ1) is 32.8. The normalized spacial score (nSPS) is 16.3. The molecule has 13 nitrogen and oxygen atoms in total. The van der Waals surface area contributed by atoms with Gasteiger partial charge in [-0.15, -0.1) is 0 Å². The highest BCUT2D eigenvalue weighted by Gasteiger charge is 2.40. The van der Waals surface area contributed by atoms with Gasteiger partial charge >= 0.3 is 17.9 Å². The summed E-state index contributed by atoms with van der Waals surface area (Å²) in [4.78, 5) is 47.2. The Kier molecular flexibility index (Phi) is 12.1. The molecular formula is C24H36N2O11S. The average Bonchev–Trinajstić information content (AvgIpc) is 3.12. The van der Waals surface area contributed by atoms with E-state index in [0.717, 1.165) is 11.1 Å². The Morgan fingerprint density at radius 2 is 1.63 bits per heavy atom. The van der Waals surface area contributed by atoms with E-state index in [-0.39, 0.29) is 29.9 Å². The van der Waals surface area contributed by atoms with Crippen molar-refractivity contribution in [1.29, 1.82) is 0 Å². The van der Waals surface area contributed by atoms with Crippen LogP contribution in [0.5, 0.6) is 5.75 Å². The van der Waals surface area contributed by atoms with Crippen LogP contribution in [0.15, 0.2) is 18.2 Å². The highest BCUT2D eigenvalue weighted by molar-refractivity contribution is 7.91. The first-order chi connectivity index (χ1) is 17.5. The van der Waals surface area contributed by atoms with Crippen LogP contribution in [0, 0.1) is 6.92 Å². The second kappa shape index (κ2) is 14.1. The molecule has 1 saturated heterocycles. The predicted molar refractivity (Wildman–Crippen MR) is 136 cm³/mol. The molecule has 0 radical (unpaired) electrons. The summed E-state index contributed by atoms with van der Waals surface area (Å²) in [7, 11) is 2.44. The van der Waals surface area contributed by atoms with Gasteiger partial charge in [0.05, 0.1) is 37.9 Å². The number of benzene rings is 1. The topological polar surface area (TPSA) is 199 Å². The summed E-state index contributed by atoms with van der Waals surface area (Å²) in [5.41, 5.74) is -0.840. The van der Waals surface area contributed by atoms with Gasteiger partial charge in [0.1, 0.15) is 5.75 Å². The van der Waals surface area contributed by atoms with E-state index in [9.17, 15) is 27.6 Å². The molecule has 0 aliphatic carbocycles. The van der Waals surface area contributed by atoms with E-state index in [1.165, 1.54) is 0 Å². The summed E-state index contributed by atoms with van der Waals surface area (Å²) in [5, 5.41) is 33.8. The molecule has 214 valence electrons. The predicted octanol–water partition coefficient (Wildman–Crippen LogP) is -0.125. The minimum absolute atomic E-state index is 0.0483. The number of nitrogens with zero attached hydrogens (tertiary/aromatic N) is 2. The van der Waals surface area contributed by atoms with Gasteiger partial charge in [0.15, 0.2) is 15.4 Å². The minimum atomic E-state index is -3.04. The van der Waals surface area contributed by atoms with Crippen molar-refractivity contribution in [1.82, 2.24) is 9.80 Å². The minimum Gasteiger partial charge on any atom is -0.496 e. The standard InChI is InChI=1S/C18H28N2O4S.C6H8O7/c1-14-5-6-17(24-4)15(11-14)12-18(21)20(9-8-19(2)3)16-7-10-25(22,23)13-16;7-3(8)1-6(13,5(11)12)2-4(9)10/h5-6,11,16H,7-10,12-13H2,1-4H3;13H,1-2H2,(H,7,8)(H,9,10)(H,11,12). The molecule has 0 bridgehead atoms. The van der Waals surface area contributed by atoms with Crippen LogP contribution in [0.1, 0.15) is 30.4 Å². The number of amides is 1. The molecule has 1 aliphatic heterocycles. The molecule has 4 N–H and O–H groups in total. The lowest BCUT2D eigenvalue weighted by atomic mass is 9.96. The molecule has 1 aromatic carbocycles. The maximum Gasteiger partial charge on any atom is 0.336 e. The molecule has 1 atom stereocenters. The fourth-order valence-electron chi connectivity index (χ4n) is 3.86. The van der Waals surface area contributed by atoms with Gasteiger partial charge in [-0.3, -0.25) is 14.4 Å². The van der Waals surface area contributed by atoms with Crippen LogP contribution < -0.4 is 4.74 Å². The van der Waals surface area contributed by atoms with Crippen molar-refractivity contribution in [2.24, 2.45) is 0 Å². The van der Waals surface area contributed by atoms with E-state index in [4.69, 9.17) is 25.2 Å². The molecule has 1 heterocycles. The molecule has 14 heteroatoms. The summed E-state index contributed by atoms with van der Waals surface area (Å²) in [6.45, 7) is 3.20. The average molecular weight is 561 g/mol. The Morgan fingerprint density at radius 3 is 2.05 bits per heavy atom. The van der Waals surface area contributed by atoms with E-state index in [1.54, 1.807) is 12.0 Å². The SMILES string of the molecule is COc1ccc(C)cc1CC(=O)N(CCN(C)C)C1CCS(=O)(=O)C1.O=C(O)CC(O)(CC(=O)O)C(=O)O. The Balaban J connectivity index is 0.000000471. The molecule has 0 saturated carbocycles. The number of carbonyl (C=O) groups is 4. The second-order valence-electron chi connectivity index (χ2n) is 9.42. The van der Waals surface area contributed by atoms with E-state index in [1.807, 2.05) is 44.1 Å². The fraction of sp³-hybridized carbons (Fsp3) is 0.583. The lowest BCUT2D eigenvalue weighted by Crippen LogP contribution is -2.45. The maximum absolute atomic E-state index is 13.0. The number of ether oxygens (including phenoxy) is 1. The van der Waals surface area contributed by atoms with Crippen molar-refractivity contribution < 1.29 is 52.8 Å². The number of methoxy groups -OCH3 is 1. The summed E-state index contributed by atoms with van der Waals surface area (Å²) < 4.78 is 29.0. The third kappa shape index (κ3) is 10.6. The third-order valence-corrected chi connectivity index (χ3v) is 7.57. The molecule has 2 rings (SSSR count). The summed E-state index contributed by atoms with van der Waals surface area (Å²) in [6, 6.07) is 5.53. The van der Waals surface area contributed by atoms with Gasteiger partial charge in [0.25, 0.3) is 0 Å². The Hall–Kier alpha value is -3.23. The summed E-state index contributed by atoms with van der Waals surface area (Å²) >= 11 is 0. The van der Waals surface area contributed by atoms with Gasteiger partial charge in [0, 0.05) is 24.7 Å². The number of hydrogen-bond acceptors (Lipinski definition) is 9. The lowest BCUT2D eigenvalue weighted by molar-refractivity contribution is -0.170. The molecule has 38 heavy (non-hydrogen) atoms. The van der Waals surface area contributed by atoms with Gasteiger partial charge in [-0.25, -0.2) is 13.2 Å². The first-order valence-corrected chi connectivity index (χ1v) is 13.5. The highest BCUT2D eigenvalue weighted by atomic mass is 32.2. The second-order valence-corrected chi connectivity index (χ2v) is 11.6. The van der Waals surface area contributed by atoms with Crippen LogP contribution in [0.25, 0.3) is 0 Å². The lowest BCUT2D eigenvalue weighted by Gasteiger charge is -2.30. The van der Waals surface area contributed by atoms with Crippen LogP contribution in [-0.4, -0.2) is 120 Å². The number of rotatable bonds is 12. The number of sulfone groups is 1. The molecular weight excluding hydrogens is 524 g/mol.